The standard InChI is InChI=1S/C18H21N3.C7H15NO.C7H16/c1-12(2)21-14(4)17(11-19-5)13(3)16-7-6-15-8-9-20-18(15)10-16;1-4-7(9)8(5-2)6-3;1-3-5-7-6-4-2/h6-11,20H,1H2,2-5H3;4-6H2,1-3H3;3-7H2,1-2H3/b17-13+,19-11?,21-14?;;. The Bertz CT molecular complexity index is 1020. The van der Waals surface area contributed by atoms with Crippen LogP contribution in [0.5, 0.6) is 0 Å². The number of aliphatic imine (C=N–C) groups is 2. The summed E-state index contributed by atoms with van der Waals surface area (Å²) in [4.78, 5) is 24.6. The van der Waals surface area contributed by atoms with E-state index in [-0.39, 0.29) is 5.91 Å². The Morgan fingerprint density at radius 2 is 1.59 bits per heavy atom. The molecule has 1 amide bonds. The predicted molar refractivity (Wildman–Crippen MR) is 166 cm³/mol. The second-order valence-corrected chi connectivity index (χ2v) is 9.12. The number of H-pyrrole nitrogens is 1. The molecule has 1 N–H and O–H groups in total. The molecule has 5 nitrogen and oxygen atoms in total. The molecule has 0 aliphatic carbocycles. The number of hydrogen-bond donors (Lipinski definition) is 1. The summed E-state index contributed by atoms with van der Waals surface area (Å²) in [6.07, 6.45) is 11.4. The maximum Gasteiger partial charge on any atom is 0.222 e. The fourth-order valence-electron chi connectivity index (χ4n) is 3.85. The number of fused-ring (bicyclic) bond motifs is 1. The van der Waals surface area contributed by atoms with Crippen molar-refractivity contribution in [1.82, 2.24) is 9.88 Å². The first-order chi connectivity index (χ1) is 17.7. The van der Waals surface area contributed by atoms with Gasteiger partial charge in [0.15, 0.2) is 0 Å². The van der Waals surface area contributed by atoms with E-state index in [4.69, 9.17) is 0 Å². The molecule has 5 heteroatoms. The highest BCUT2D eigenvalue weighted by Gasteiger charge is 2.08. The van der Waals surface area contributed by atoms with Gasteiger partial charge in [0.05, 0.1) is 0 Å². The number of aromatic nitrogens is 1. The summed E-state index contributed by atoms with van der Waals surface area (Å²) >= 11 is 0. The van der Waals surface area contributed by atoms with Crippen molar-refractivity contribution in [3.8, 4) is 0 Å². The Hall–Kier alpha value is -2.95. The van der Waals surface area contributed by atoms with E-state index in [0.29, 0.717) is 6.42 Å². The van der Waals surface area contributed by atoms with Crippen molar-refractivity contribution in [3.63, 3.8) is 0 Å². The van der Waals surface area contributed by atoms with Crippen molar-refractivity contribution in [1.29, 1.82) is 0 Å². The van der Waals surface area contributed by atoms with Gasteiger partial charge in [-0.1, -0.05) is 71.6 Å². The highest BCUT2D eigenvalue weighted by Crippen LogP contribution is 2.23. The Morgan fingerprint density at radius 1 is 0.973 bits per heavy atom. The summed E-state index contributed by atoms with van der Waals surface area (Å²) < 4.78 is 0. The minimum Gasteiger partial charge on any atom is -0.361 e. The number of benzene rings is 1. The monoisotopic (exact) mass is 508 g/mol. The van der Waals surface area contributed by atoms with Gasteiger partial charge < -0.3 is 9.88 Å². The number of allylic oxidation sites excluding steroid dienone is 3. The van der Waals surface area contributed by atoms with Gasteiger partial charge in [-0.25, -0.2) is 0 Å². The van der Waals surface area contributed by atoms with Gasteiger partial charge in [-0.2, -0.15) is 0 Å². The Balaban J connectivity index is 0.000000670. The number of rotatable bonds is 11. The van der Waals surface area contributed by atoms with Gasteiger partial charge in [-0.05, 0) is 63.3 Å². The average molecular weight is 509 g/mol. The molecular weight excluding hydrogens is 456 g/mol. The number of carbonyl (C=O) groups is 1. The second kappa shape index (κ2) is 20.1. The van der Waals surface area contributed by atoms with Crippen molar-refractivity contribution >= 4 is 34.3 Å². The summed E-state index contributed by atoms with van der Waals surface area (Å²) in [5.41, 5.74) is 6.20. The zero-order chi connectivity index (χ0) is 28.2. The highest BCUT2D eigenvalue weighted by atomic mass is 16.2. The molecule has 0 fully saturated rings. The van der Waals surface area contributed by atoms with Crippen LogP contribution < -0.4 is 0 Å². The summed E-state index contributed by atoms with van der Waals surface area (Å²) in [6.45, 7) is 21.9. The molecular formula is C32H52N4O. The van der Waals surface area contributed by atoms with Crippen LogP contribution in [0, 0.1) is 0 Å². The third-order valence-corrected chi connectivity index (χ3v) is 6.02. The lowest BCUT2D eigenvalue weighted by Gasteiger charge is -2.16. The van der Waals surface area contributed by atoms with E-state index in [9.17, 15) is 4.79 Å². The zero-order valence-corrected chi connectivity index (χ0v) is 25.1. The molecule has 37 heavy (non-hydrogen) atoms. The molecule has 0 unspecified atom stereocenters. The van der Waals surface area contributed by atoms with Crippen LogP contribution >= 0.6 is 0 Å². The topological polar surface area (TPSA) is 60.8 Å². The molecule has 1 heterocycles. The molecule has 0 atom stereocenters. The minimum atomic E-state index is 0.250. The van der Waals surface area contributed by atoms with E-state index < -0.39 is 0 Å². The summed E-state index contributed by atoms with van der Waals surface area (Å²) in [5.74, 6) is 0.250. The molecule has 1 aromatic carbocycles. The van der Waals surface area contributed by atoms with Crippen molar-refractivity contribution in [2.45, 2.75) is 93.9 Å². The van der Waals surface area contributed by atoms with E-state index in [0.717, 1.165) is 46.7 Å². The molecule has 0 aliphatic heterocycles. The van der Waals surface area contributed by atoms with Crippen LogP contribution in [0.4, 0.5) is 0 Å². The Labute approximate surface area is 226 Å². The zero-order valence-electron chi connectivity index (χ0n) is 25.1. The molecule has 0 radical (unpaired) electrons. The summed E-state index contributed by atoms with van der Waals surface area (Å²) in [7, 11) is 1.77. The number of hydrogen-bond acceptors (Lipinski definition) is 3. The third-order valence-electron chi connectivity index (χ3n) is 6.02. The minimum absolute atomic E-state index is 0.250. The fourth-order valence-corrected chi connectivity index (χ4v) is 3.85. The van der Waals surface area contributed by atoms with Crippen LogP contribution in [-0.2, 0) is 4.79 Å². The van der Waals surface area contributed by atoms with E-state index in [2.05, 4.69) is 66.6 Å². The van der Waals surface area contributed by atoms with Gasteiger partial charge in [0.1, 0.15) is 0 Å². The van der Waals surface area contributed by atoms with Gasteiger partial charge in [-0.15, -0.1) is 0 Å². The highest BCUT2D eigenvalue weighted by molar-refractivity contribution is 6.20. The molecule has 2 rings (SSSR count). The normalized spacial score (nSPS) is 11.9. The predicted octanol–water partition coefficient (Wildman–Crippen LogP) is 8.88. The number of carbonyl (C=O) groups excluding carboxylic acids is 1. The quantitative estimate of drug-likeness (QED) is 0.239. The SMILES string of the molecule is C=C(C)N=C(C)/C(C=NC)=C(\C)c1ccc2cc[nH]c2c1.CCC(=O)N(CC)CC.CCCCCCC. The van der Waals surface area contributed by atoms with E-state index >= 15 is 0 Å². The molecule has 0 saturated heterocycles. The van der Waals surface area contributed by atoms with Crippen LogP contribution in [0.2, 0.25) is 0 Å². The number of nitrogens with zero attached hydrogens (tertiary/aromatic N) is 3. The Morgan fingerprint density at radius 3 is 2.05 bits per heavy atom. The molecule has 1 aromatic heterocycles. The third kappa shape index (κ3) is 13.2. The molecule has 0 aliphatic rings. The van der Waals surface area contributed by atoms with E-state index in [1.807, 2.05) is 51.9 Å². The van der Waals surface area contributed by atoms with Crippen LogP contribution in [-0.4, -0.2) is 47.9 Å². The molecule has 2 aromatic rings. The smallest absolute Gasteiger partial charge is 0.222 e. The first-order valence-electron chi connectivity index (χ1n) is 13.9. The van der Waals surface area contributed by atoms with Gasteiger partial charge in [0, 0.05) is 61.5 Å². The van der Waals surface area contributed by atoms with Crippen LogP contribution in [0.3, 0.4) is 0 Å². The van der Waals surface area contributed by atoms with Gasteiger partial charge in [0.2, 0.25) is 5.91 Å². The number of aromatic amines is 1. The molecule has 206 valence electrons. The number of nitrogens with one attached hydrogen (secondary N) is 1. The van der Waals surface area contributed by atoms with Crippen molar-refractivity contribution in [2.75, 3.05) is 20.1 Å². The van der Waals surface area contributed by atoms with E-state index in [1.54, 1.807) is 7.05 Å². The second-order valence-electron chi connectivity index (χ2n) is 9.12. The largest absolute Gasteiger partial charge is 0.361 e. The summed E-state index contributed by atoms with van der Waals surface area (Å²) in [5, 5.41) is 1.21. The van der Waals surface area contributed by atoms with Crippen LogP contribution in [0.1, 0.15) is 99.5 Å². The first-order valence-corrected chi connectivity index (χ1v) is 13.9. The maximum atomic E-state index is 10.9. The van der Waals surface area contributed by atoms with Crippen molar-refractivity contribution < 1.29 is 4.79 Å². The fraction of sp³-hybridized carbons (Fsp3) is 0.531. The molecule has 0 saturated carbocycles. The van der Waals surface area contributed by atoms with Crippen molar-refractivity contribution in [3.05, 3.63) is 53.9 Å². The Kier molecular flexibility index (Phi) is 18.5. The van der Waals surface area contributed by atoms with Crippen molar-refractivity contribution in [2.24, 2.45) is 9.98 Å². The van der Waals surface area contributed by atoms with Gasteiger partial charge in [-0.3, -0.25) is 14.8 Å². The van der Waals surface area contributed by atoms with Gasteiger partial charge >= 0.3 is 0 Å². The number of amides is 1. The molecule has 0 bridgehead atoms. The molecule has 0 spiro atoms. The van der Waals surface area contributed by atoms with Crippen LogP contribution in [0.15, 0.2) is 58.3 Å². The summed E-state index contributed by atoms with van der Waals surface area (Å²) in [6, 6.07) is 8.47. The lowest BCUT2D eigenvalue weighted by molar-refractivity contribution is -0.130. The average Bonchev–Trinajstić information content (AvgIpc) is 3.36. The van der Waals surface area contributed by atoms with E-state index in [1.165, 1.54) is 37.5 Å². The lowest BCUT2D eigenvalue weighted by Crippen LogP contribution is -2.29. The first kappa shape index (κ1) is 34.0. The van der Waals surface area contributed by atoms with Gasteiger partial charge in [0.25, 0.3) is 0 Å². The van der Waals surface area contributed by atoms with Crippen LogP contribution in [0.25, 0.3) is 16.5 Å². The number of unbranched alkanes of at least 4 members (excludes halogenated alkanes) is 4. The lowest BCUT2D eigenvalue weighted by atomic mass is 9.98. The maximum absolute atomic E-state index is 10.9.